The Morgan fingerprint density at radius 2 is 1.94 bits per heavy atom. The van der Waals surface area contributed by atoms with Crippen molar-refractivity contribution in [3.8, 4) is 0 Å². The van der Waals surface area contributed by atoms with E-state index < -0.39 is 27.7 Å². The van der Waals surface area contributed by atoms with Crippen molar-refractivity contribution in [2.75, 3.05) is 0 Å². The van der Waals surface area contributed by atoms with Gasteiger partial charge < -0.3 is 0 Å². The van der Waals surface area contributed by atoms with E-state index in [-0.39, 0.29) is 5.56 Å². The van der Waals surface area contributed by atoms with Crippen LogP contribution in [0.25, 0.3) is 5.83 Å². The van der Waals surface area contributed by atoms with Gasteiger partial charge in [0.2, 0.25) is 0 Å². The minimum Gasteiger partial charge on any atom is -0.282 e. The summed E-state index contributed by atoms with van der Waals surface area (Å²) < 4.78 is 26.9. The van der Waals surface area contributed by atoms with E-state index in [4.69, 9.17) is 0 Å². The lowest BCUT2D eigenvalue weighted by atomic mass is 10.2. The van der Waals surface area contributed by atoms with Gasteiger partial charge in [0.25, 0.3) is 11.1 Å². The molecule has 0 atom stereocenters. The van der Waals surface area contributed by atoms with Gasteiger partial charge in [0.05, 0.1) is 0 Å². The molecule has 6 heteroatoms. The largest absolute Gasteiger partial charge is 0.291 e. The number of carbonyl (C=O) groups excluding carboxylic acids is 2. The number of carbonyl (C=O) groups is 2. The maximum absolute atomic E-state index is 13.7. The summed E-state index contributed by atoms with van der Waals surface area (Å²) in [6.07, 6.45) is 0. The standard InChI is InChI=1S/C10H5F2NO2S/c11-6-4-2-1-3-5(6)7(12)8-9(14)13-10(15)16-8/h1-4H,(H,13,14,15). The fraction of sp³-hybridized carbons (Fsp3) is 0. The van der Waals surface area contributed by atoms with Gasteiger partial charge in [-0.3, -0.25) is 14.9 Å². The van der Waals surface area contributed by atoms with Crippen LogP contribution in [0, 0.1) is 5.82 Å². The molecule has 1 aromatic carbocycles. The Morgan fingerprint density at radius 3 is 2.50 bits per heavy atom. The zero-order chi connectivity index (χ0) is 11.7. The van der Waals surface area contributed by atoms with E-state index in [2.05, 4.69) is 0 Å². The first-order valence-corrected chi connectivity index (χ1v) is 5.09. The van der Waals surface area contributed by atoms with Crippen molar-refractivity contribution in [2.45, 2.75) is 0 Å². The van der Waals surface area contributed by atoms with E-state index >= 15 is 0 Å². The van der Waals surface area contributed by atoms with Crippen molar-refractivity contribution in [3.05, 3.63) is 40.6 Å². The number of imide groups is 1. The third-order valence-corrected chi connectivity index (χ3v) is 2.78. The average Bonchev–Trinajstić information content (AvgIpc) is 2.58. The molecule has 0 saturated carbocycles. The zero-order valence-electron chi connectivity index (χ0n) is 7.79. The Balaban J connectivity index is 2.49. The molecule has 82 valence electrons. The highest BCUT2D eigenvalue weighted by Crippen LogP contribution is 2.33. The number of rotatable bonds is 1. The van der Waals surface area contributed by atoms with Crippen LogP contribution in [-0.4, -0.2) is 11.1 Å². The smallest absolute Gasteiger partial charge is 0.282 e. The van der Waals surface area contributed by atoms with Gasteiger partial charge in [0, 0.05) is 5.56 Å². The third-order valence-electron chi connectivity index (χ3n) is 1.93. The number of benzene rings is 1. The maximum atomic E-state index is 13.7. The second-order valence-corrected chi connectivity index (χ2v) is 3.95. The van der Waals surface area contributed by atoms with Crippen LogP contribution in [0.4, 0.5) is 13.6 Å². The van der Waals surface area contributed by atoms with Crippen LogP contribution in [0.5, 0.6) is 0 Å². The molecule has 0 spiro atoms. The molecule has 0 unspecified atom stereocenters. The predicted octanol–water partition coefficient (Wildman–Crippen LogP) is 2.45. The highest BCUT2D eigenvalue weighted by atomic mass is 32.2. The van der Waals surface area contributed by atoms with Gasteiger partial charge in [-0.2, -0.15) is 0 Å². The number of thioether (sulfide) groups is 1. The molecule has 3 nitrogen and oxygen atoms in total. The number of halogens is 2. The molecule has 1 aliphatic rings. The Hall–Kier alpha value is -1.69. The van der Waals surface area contributed by atoms with Crippen LogP contribution >= 0.6 is 11.8 Å². The fourth-order valence-corrected chi connectivity index (χ4v) is 1.89. The van der Waals surface area contributed by atoms with Gasteiger partial charge in [-0.25, -0.2) is 8.78 Å². The summed E-state index contributed by atoms with van der Waals surface area (Å²) in [4.78, 5) is 21.6. The average molecular weight is 241 g/mol. The molecule has 0 radical (unpaired) electrons. The molecule has 0 aliphatic carbocycles. The summed E-state index contributed by atoms with van der Waals surface area (Å²) in [6.45, 7) is 0. The van der Waals surface area contributed by atoms with Gasteiger partial charge >= 0.3 is 0 Å². The van der Waals surface area contributed by atoms with E-state index in [1.54, 1.807) is 0 Å². The Kier molecular flexibility index (Phi) is 2.74. The van der Waals surface area contributed by atoms with Crippen LogP contribution in [-0.2, 0) is 4.79 Å². The van der Waals surface area contributed by atoms with Crippen LogP contribution in [0.15, 0.2) is 29.2 Å². The lowest BCUT2D eigenvalue weighted by Gasteiger charge is -2.00. The number of amides is 2. The van der Waals surface area contributed by atoms with Gasteiger partial charge in [-0.05, 0) is 23.9 Å². The molecule has 1 aromatic rings. The minimum absolute atomic E-state index is 0.324. The highest BCUT2D eigenvalue weighted by Gasteiger charge is 2.30. The van der Waals surface area contributed by atoms with Gasteiger partial charge in [-0.15, -0.1) is 0 Å². The van der Waals surface area contributed by atoms with Crippen molar-refractivity contribution in [2.24, 2.45) is 0 Å². The van der Waals surface area contributed by atoms with Gasteiger partial charge in [-0.1, -0.05) is 12.1 Å². The quantitative estimate of drug-likeness (QED) is 0.768. The summed E-state index contributed by atoms with van der Waals surface area (Å²) in [5.74, 6) is -2.64. The van der Waals surface area contributed by atoms with E-state index in [1.807, 2.05) is 5.32 Å². The lowest BCUT2D eigenvalue weighted by Crippen LogP contribution is -2.18. The lowest BCUT2D eigenvalue weighted by molar-refractivity contribution is -0.115. The number of hydrogen-bond donors (Lipinski definition) is 1. The van der Waals surface area contributed by atoms with Crippen LogP contribution in [0.2, 0.25) is 0 Å². The van der Waals surface area contributed by atoms with Gasteiger partial charge in [0.1, 0.15) is 10.7 Å². The van der Waals surface area contributed by atoms with Crippen molar-refractivity contribution < 1.29 is 18.4 Å². The van der Waals surface area contributed by atoms with E-state index in [9.17, 15) is 18.4 Å². The first kappa shape index (κ1) is 10.8. The van der Waals surface area contributed by atoms with Crippen LogP contribution < -0.4 is 5.32 Å². The first-order chi connectivity index (χ1) is 7.59. The monoisotopic (exact) mass is 241 g/mol. The number of hydrogen-bond acceptors (Lipinski definition) is 3. The summed E-state index contributed by atoms with van der Waals surface area (Å²) >= 11 is 0.424. The van der Waals surface area contributed by atoms with Gasteiger partial charge in [0.15, 0.2) is 5.83 Å². The minimum atomic E-state index is -1.02. The Bertz CT molecular complexity index is 513. The summed E-state index contributed by atoms with van der Waals surface area (Å²) in [7, 11) is 0. The molecule has 1 heterocycles. The Labute approximate surface area is 93.5 Å². The highest BCUT2D eigenvalue weighted by molar-refractivity contribution is 8.18. The van der Waals surface area contributed by atoms with Crippen LogP contribution in [0.1, 0.15) is 5.56 Å². The molecule has 1 saturated heterocycles. The molecule has 1 fully saturated rings. The molecule has 1 N–H and O–H groups in total. The molecular formula is C10H5F2NO2S. The van der Waals surface area contributed by atoms with E-state index in [0.717, 1.165) is 6.07 Å². The molecular weight excluding hydrogens is 236 g/mol. The normalized spacial score (nSPS) is 18.6. The second kappa shape index (κ2) is 4.05. The zero-order valence-corrected chi connectivity index (χ0v) is 8.61. The molecule has 2 rings (SSSR count). The SMILES string of the molecule is O=C1NC(=O)C(=C(F)c2ccccc2F)S1. The molecule has 0 aromatic heterocycles. The maximum Gasteiger partial charge on any atom is 0.291 e. The molecule has 16 heavy (non-hydrogen) atoms. The topological polar surface area (TPSA) is 46.2 Å². The third kappa shape index (κ3) is 1.83. The van der Waals surface area contributed by atoms with Crippen molar-refractivity contribution >= 4 is 28.7 Å². The van der Waals surface area contributed by atoms with Crippen molar-refractivity contribution in [1.29, 1.82) is 0 Å². The summed E-state index contributed by atoms with van der Waals surface area (Å²) in [6, 6.07) is 5.13. The number of nitrogens with one attached hydrogen (secondary N) is 1. The van der Waals surface area contributed by atoms with E-state index in [1.165, 1.54) is 18.2 Å². The molecule has 2 amide bonds. The summed E-state index contributed by atoms with van der Waals surface area (Å²) in [5.41, 5.74) is -0.324. The predicted molar refractivity (Wildman–Crippen MR) is 55.6 cm³/mol. The van der Waals surface area contributed by atoms with Crippen LogP contribution in [0.3, 0.4) is 0 Å². The van der Waals surface area contributed by atoms with Crippen molar-refractivity contribution in [3.63, 3.8) is 0 Å². The molecule has 0 bridgehead atoms. The first-order valence-electron chi connectivity index (χ1n) is 4.27. The molecule has 1 aliphatic heterocycles. The summed E-state index contributed by atoms with van der Waals surface area (Å²) in [5, 5.41) is 1.24. The van der Waals surface area contributed by atoms with E-state index in [0.29, 0.717) is 11.8 Å². The Morgan fingerprint density at radius 1 is 1.25 bits per heavy atom. The van der Waals surface area contributed by atoms with Crippen molar-refractivity contribution in [1.82, 2.24) is 5.32 Å². The fourth-order valence-electron chi connectivity index (χ4n) is 1.22. The second-order valence-electron chi connectivity index (χ2n) is 2.97.